The van der Waals surface area contributed by atoms with Crippen LogP contribution in [-0.4, -0.2) is 63.2 Å². The predicted molar refractivity (Wildman–Crippen MR) is 111 cm³/mol. The van der Waals surface area contributed by atoms with Crippen molar-refractivity contribution in [2.45, 2.75) is 37.9 Å². The van der Waals surface area contributed by atoms with Crippen molar-refractivity contribution in [2.75, 3.05) is 45.3 Å². The molecule has 2 saturated heterocycles. The van der Waals surface area contributed by atoms with Gasteiger partial charge in [-0.25, -0.2) is 0 Å². The number of hydrogen-bond donors (Lipinski definition) is 1. The molecule has 0 aromatic heterocycles. The maximum atomic E-state index is 13.5. The molecule has 0 radical (unpaired) electrons. The van der Waals surface area contributed by atoms with Crippen LogP contribution in [0.4, 0.5) is 18.9 Å². The third kappa shape index (κ3) is 4.83. The molecule has 0 saturated carbocycles. The van der Waals surface area contributed by atoms with E-state index in [9.17, 15) is 22.8 Å². The lowest BCUT2D eigenvalue weighted by atomic mass is 9.76. The Morgan fingerprint density at radius 3 is 2.56 bits per heavy atom. The lowest BCUT2D eigenvalue weighted by Gasteiger charge is -2.39. The van der Waals surface area contributed by atoms with Crippen molar-refractivity contribution < 1.29 is 27.5 Å². The Bertz CT molecular complexity index is 905. The Kier molecular flexibility index (Phi) is 6.98. The number of nitriles is 1. The molecule has 7 nitrogen and oxygen atoms in total. The molecule has 2 aliphatic heterocycles. The Morgan fingerprint density at radius 2 is 2.00 bits per heavy atom. The van der Waals surface area contributed by atoms with E-state index >= 15 is 0 Å². The molecule has 2 heterocycles. The average Bonchev–Trinajstić information content (AvgIpc) is 3.15. The lowest BCUT2D eigenvalue weighted by molar-refractivity contribution is -0.137. The van der Waals surface area contributed by atoms with Gasteiger partial charge >= 0.3 is 6.18 Å². The number of hydrogen-bond acceptors (Lipinski definition) is 5. The summed E-state index contributed by atoms with van der Waals surface area (Å²) in [5.41, 5.74) is -1.47. The number of likely N-dealkylation sites (tertiary alicyclic amines) is 1. The van der Waals surface area contributed by atoms with Crippen molar-refractivity contribution in [2.24, 2.45) is 5.41 Å². The van der Waals surface area contributed by atoms with Crippen LogP contribution < -0.4 is 10.2 Å². The average molecular weight is 452 g/mol. The number of carbonyl (C=O) groups is 2. The molecule has 10 heteroatoms. The molecule has 32 heavy (non-hydrogen) atoms. The summed E-state index contributed by atoms with van der Waals surface area (Å²) < 4.78 is 45.4. The molecule has 174 valence electrons. The Hall–Kier alpha value is -2.80. The number of nitrogens with zero attached hydrogens (tertiary/aromatic N) is 3. The molecule has 2 fully saturated rings. The first-order chi connectivity index (χ1) is 15.1. The van der Waals surface area contributed by atoms with Crippen molar-refractivity contribution >= 4 is 17.5 Å². The smallest absolute Gasteiger partial charge is 0.384 e. The summed E-state index contributed by atoms with van der Waals surface area (Å²) in [7, 11) is 3.04. The fraction of sp³-hybridized carbons (Fsp3) is 0.591. The summed E-state index contributed by atoms with van der Waals surface area (Å²) in [4.78, 5) is 28.4. The molecular weight excluding hydrogens is 425 g/mol. The summed E-state index contributed by atoms with van der Waals surface area (Å²) >= 11 is 0. The first-order valence-corrected chi connectivity index (χ1v) is 10.5. The van der Waals surface area contributed by atoms with Crippen LogP contribution in [0.2, 0.25) is 0 Å². The number of nitrogens with one attached hydrogen (secondary N) is 1. The SMILES string of the molecule is CNC(=O)C1CC2(CCN(C(=O)CCOC)CC2)CN1c1ccc(C#N)c(C(F)(F)F)c1. The molecule has 1 aromatic carbocycles. The maximum absolute atomic E-state index is 13.5. The van der Waals surface area contributed by atoms with Gasteiger partial charge in [-0.3, -0.25) is 9.59 Å². The number of ether oxygens (including phenoxy) is 1. The first kappa shape index (κ1) is 23.9. The van der Waals surface area contributed by atoms with Crippen LogP contribution in [0.5, 0.6) is 0 Å². The lowest BCUT2D eigenvalue weighted by Crippen LogP contribution is -2.44. The van der Waals surface area contributed by atoms with Gasteiger partial charge in [-0.1, -0.05) is 0 Å². The molecule has 1 spiro atoms. The molecule has 1 aromatic rings. The summed E-state index contributed by atoms with van der Waals surface area (Å²) in [6.07, 6.45) is -2.54. The van der Waals surface area contributed by atoms with E-state index in [0.29, 0.717) is 51.9 Å². The predicted octanol–water partition coefficient (Wildman–Crippen LogP) is 2.55. The molecular formula is C22H27F3N4O3. The van der Waals surface area contributed by atoms with Crippen molar-refractivity contribution in [1.82, 2.24) is 10.2 Å². The van der Waals surface area contributed by atoms with Crippen molar-refractivity contribution in [1.29, 1.82) is 5.26 Å². The van der Waals surface area contributed by atoms with Crippen LogP contribution in [0.25, 0.3) is 0 Å². The molecule has 3 rings (SSSR count). The van der Waals surface area contributed by atoms with Gasteiger partial charge in [0.2, 0.25) is 11.8 Å². The Balaban J connectivity index is 1.84. The largest absolute Gasteiger partial charge is 0.417 e. The van der Waals surface area contributed by atoms with Gasteiger partial charge in [0.15, 0.2) is 0 Å². The van der Waals surface area contributed by atoms with Gasteiger partial charge in [0.25, 0.3) is 0 Å². The van der Waals surface area contributed by atoms with Crippen LogP contribution >= 0.6 is 0 Å². The minimum atomic E-state index is -4.67. The number of carbonyl (C=O) groups excluding carboxylic acids is 2. The Labute approximate surface area is 185 Å². The topological polar surface area (TPSA) is 85.7 Å². The van der Waals surface area contributed by atoms with Gasteiger partial charge in [0, 0.05) is 39.5 Å². The number of halogens is 3. The van der Waals surface area contributed by atoms with E-state index in [1.165, 1.54) is 20.2 Å². The highest BCUT2D eigenvalue weighted by Crippen LogP contribution is 2.46. The van der Waals surface area contributed by atoms with Crippen molar-refractivity contribution in [3.63, 3.8) is 0 Å². The van der Waals surface area contributed by atoms with E-state index < -0.39 is 23.3 Å². The normalized spacial score (nSPS) is 20.3. The second-order valence-corrected chi connectivity index (χ2v) is 8.43. The fourth-order valence-corrected chi connectivity index (χ4v) is 4.71. The van der Waals surface area contributed by atoms with Gasteiger partial charge in [-0.15, -0.1) is 0 Å². The van der Waals surface area contributed by atoms with E-state index in [4.69, 9.17) is 10.00 Å². The van der Waals surface area contributed by atoms with Crippen molar-refractivity contribution in [3.05, 3.63) is 29.3 Å². The Morgan fingerprint density at radius 1 is 1.31 bits per heavy atom. The molecule has 2 aliphatic rings. The van der Waals surface area contributed by atoms with Gasteiger partial charge in [-0.2, -0.15) is 18.4 Å². The van der Waals surface area contributed by atoms with E-state index in [2.05, 4.69) is 5.32 Å². The highest BCUT2D eigenvalue weighted by molar-refractivity contribution is 5.86. The molecule has 1 unspecified atom stereocenters. The van der Waals surface area contributed by atoms with Crippen LogP contribution in [0.1, 0.15) is 36.8 Å². The van der Waals surface area contributed by atoms with E-state index in [-0.39, 0.29) is 22.9 Å². The van der Waals surface area contributed by atoms with Gasteiger partial charge in [0.1, 0.15) is 6.04 Å². The minimum absolute atomic E-state index is 0.0151. The van der Waals surface area contributed by atoms with E-state index in [1.807, 2.05) is 0 Å². The zero-order chi connectivity index (χ0) is 23.5. The van der Waals surface area contributed by atoms with Gasteiger partial charge in [-0.05, 0) is 42.9 Å². The van der Waals surface area contributed by atoms with Crippen LogP contribution in [0, 0.1) is 16.7 Å². The monoisotopic (exact) mass is 452 g/mol. The minimum Gasteiger partial charge on any atom is -0.384 e. The quantitative estimate of drug-likeness (QED) is 0.742. The number of piperidine rings is 1. The summed E-state index contributed by atoms with van der Waals surface area (Å²) in [6.45, 7) is 1.84. The van der Waals surface area contributed by atoms with E-state index in [1.54, 1.807) is 15.9 Å². The maximum Gasteiger partial charge on any atom is 0.417 e. The number of likely N-dealkylation sites (N-methyl/N-ethyl adjacent to an activating group) is 1. The summed E-state index contributed by atoms with van der Waals surface area (Å²) in [6, 6.07) is 4.54. The first-order valence-electron chi connectivity index (χ1n) is 10.5. The number of rotatable bonds is 5. The van der Waals surface area contributed by atoms with Gasteiger partial charge in [0.05, 0.1) is 30.2 Å². The number of benzene rings is 1. The number of alkyl halides is 3. The zero-order valence-electron chi connectivity index (χ0n) is 18.2. The molecule has 2 amide bonds. The second-order valence-electron chi connectivity index (χ2n) is 8.43. The fourth-order valence-electron chi connectivity index (χ4n) is 4.71. The van der Waals surface area contributed by atoms with Gasteiger partial charge < -0.3 is 19.9 Å². The van der Waals surface area contributed by atoms with Crippen molar-refractivity contribution in [3.8, 4) is 6.07 Å². The summed E-state index contributed by atoms with van der Waals surface area (Å²) in [5.74, 6) is -0.250. The zero-order valence-corrected chi connectivity index (χ0v) is 18.2. The standard InChI is InChI=1S/C22H27F3N4O3/c1-27-20(31)18-12-21(6-8-28(9-7-21)19(30)5-10-32-2)14-29(18)16-4-3-15(13-26)17(11-16)22(23,24)25/h3-4,11,18H,5-10,12,14H2,1-2H3,(H,27,31). The third-order valence-electron chi connectivity index (χ3n) is 6.51. The number of anilines is 1. The molecule has 1 atom stereocenters. The number of methoxy groups -OCH3 is 1. The van der Waals surface area contributed by atoms with Crippen LogP contribution in [0.15, 0.2) is 18.2 Å². The molecule has 0 aliphatic carbocycles. The second kappa shape index (κ2) is 9.36. The summed E-state index contributed by atoms with van der Waals surface area (Å²) in [5, 5.41) is 11.7. The van der Waals surface area contributed by atoms with Crippen LogP contribution in [-0.2, 0) is 20.5 Å². The molecule has 0 bridgehead atoms. The highest BCUT2D eigenvalue weighted by atomic mass is 19.4. The highest BCUT2D eigenvalue weighted by Gasteiger charge is 2.48. The third-order valence-corrected chi connectivity index (χ3v) is 6.51. The molecule has 1 N–H and O–H groups in total. The number of amides is 2. The van der Waals surface area contributed by atoms with Crippen LogP contribution in [0.3, 0.4) is 0 Å². The van der Waals surface area contributed by atoms with E-state index in [0.717, 1.165) is 12.1 Å².